The lowest BCUT2D eigenvalue weighted by molar-refractivity contribution is 0.0536. The van der Waals surface area contributed by atoms with Crippen LogP contribution < -0.4 is 9.47 Å². The van der Waals surface area contributed by atoms with Gasteiger partial charge >= 0.3 is 0 Å². The number of sulfone groups is 1. The molecule has 2 rings (SSSR count). The molecule has 10 heteroatoms. The number of hydrogen-bond donors (Lipinski definition) is 3. The van der Waals surface area contributed by atoms with Gasteiger partial charge in [0, 0.05) is 0 Å². The fourth-order valence-electron chi connectivity index (χ4n) is 2.09. The zero-order valence-corrected chi connectivity index (χ0v) is 17.0. The zero-order valence-electron chi connectivity index (χ0n) is 14.7. The maximum atomic E-state index is 12.8. The van der Waals surface area contributed by atoms with Crippen LogP contribution in [0.3, 0.4) is 0 Å². The van der Waals surface area contributed by atoms with Gasteiger partial charge in [0.05, 0.1) is 27.3 Å². The normalized spacial score (nSPS) is 13.8. The minimum Gasteiger partial charge on any atom is -0.491 e. The number of ether oxygens (including phenoxy) is 2. The topological polar surface area (TPSA) is 113 Å². The van der Waals surface area contributed by atoms with E-state index >= 15 is 0 Å². The summed E-state index contributed by atoms with van der Waals surface area (Å²) in [6.45, 7) is -0.613. The fourth-order valence-corrected chi connectivity index (χ4v) is 3.77. The van der Waals surface area contributed by atoms with Crippen LogP contribution in [0.5, 0.6) is 11.5 Å². The molecule has 0 amide bonds. The van der Waals surface area contributed by atoms with E-state index < -0.39 is 28.7 Å². The van der Waals surface area contributed by atoms with Crippen LogP contribution in [0.15, 0.2) is 52.3 Å². The van der Waals surface area contributed by atoms with Crippen molar-refractivity contribution in [2.45, 2.75) is 22.0 Å². The molecule has 0 radical (unpaired) electrons. The highest BCUT2D eigenvalue weighted by molar-refractivity contribution is 7.91. The molecule has 0 heterocycles. The van der Waals surface area contributed by atoms with Gasteiger partial charge in [-0.1, -0.05) is 11.6 Å². The van der Waals surface area contributed by atoms with Crippen LogP contribution in [-0.4, -0.2) is 61.6 Å². The highest BCUT2D eigenvalue weighted by atomic mass is 35.5. The maximum absolute atomic E-state index is 12.8. The van der Waals surface area contributed by atoms with Crippen LogP contribution in [0.25, 0.3) is 0 Å². The largest absolute Gasteiger partial charge is 0.491 e. The summed E-state index contributed by atoms with van der Waals surface area (Å²) in [7, 11) is -3.82. The summed E-state index contributed by atoms with van der Waals surface area (Å²) in [6.07, 6.45) is -1.88. The van der Waals surface area contributed by atoms with Crippen LogP contribution in [0.1, 0.15) is 0 Å². The summed E-state index contributed by atoms with van der Waals surface area (Å²) in [5, 5.41) is 27.5. The fraction of sp³-hybridized carbons (Fsp3) is 0.333. The van der Waals surface area contributed by atoms with E-state index in [4.69, 9.17) is 37.8 Å². The summed E-state index contributed by atoms with van der Waals surface area (Å²) in [4.78, 5) is 0.0111. The number of hydrogen-bond acceptors (Lipinski definition) is 7. The Kier molecular flexibility index (Phi) is 8.36. The minimum absolute atomic E-state index is 0.00273. The number of rotatable bonds is 10. The number of alkyl halides is 1. The molecule has 0 saturated carbocycles. The van der Waals surface area contributed by atoms with Gasteiger partial charge in [-0.25, -0.2) is 8.42 Å². The predicted molar refractivity (Wildman–Crippen MR) is 104 cm³/mol. The maximum Gasteiger partial charge on any atom is 0.206 e. The first-order valence-corrected chi connectivity index (χ1v) is 10.6. The lowest BCUT2D eigenvalue weighted by atomic mass is 10.3. The average molecular weight is 451 g/mol. The molecule has 0 spiro atoms. The van der Waals surface area contributed by atoms with Gasteiger partial charge in [-0.3, -0.25) is 0 Å². The molecule has 3 N–H and O–H groups in total. The first kappa shape index (κ1) is 22.7. The van der Waals surface area contributed by atoms with Crippen molar-refractivity contribution in [3.05, 3.63) is 47.5 Å². The first-order chi connectivity index (χ1) is 13.3. The van der Waals surface area contributed by atoms with Crippen molar-refractivity contribution < 1.29 is 33.2 Å². The SMILES string of the molecule is O=S(=O)(c1ccc(OC[C@H](O)CO)cc1)c1ccc(OC[C@@H](O)CCl)c(Cl)c1. The van der Waals surface area contributed by atoms with Gasteiger partial charge in [-0.05, 0) is 42.5 Å². The third-order valence-corrected chi connectivity index (χ3v) is 6.03. The standard InChI is InChI=1S/C18H20Cl2O7S/c19-8-12(22)10-27-18-6-5-16(7-17(18)20)28(24,25)15-3-1-14(2-4-15)26-11-13(23)9-21/h1-7,12-13,21-23H,8-11H2/t12-,13+/m0/s1. The molecule has 2 atom stereocenters. The van der Waals surface area contributed by atoms with E-state index in [1.807, 2.05) is 0 Å². The highest BCUT2D eigenvalue weighted by Gasteiger charge is 2.20. The molecule has 0 fully saturated rings. The molecule has 28 heavy (non-hydrogen) atoms. The van der Waals surface area contributed by atoms with Crippen molar-refractivity contribution in [1.82, 2.24) is 0 Å². The molecule has 154 valence electrons. The summed E-state index contributed by atoms with van der Waals surface area (Å²) < 4.78 is 36.1. The van der Waals surface area contributed by atoms with Gasteiger partial charge in [0.2, 0.25) is 9.84 Å². The van der Waals surface area contributed by atoms with Crippen LogP contribution in [0.2, 0.25) is 5.02 Å². The molecule has 2 aromatic rings. The van der Waals surface area contributed by atoms with E-state index in [1.165, 1.54) is 42.5 Å². The van der Waals surface area contributed by atoms with Crippen molar-refractivity contribution in [3.63, 3.8) is 0 Å². The van der Waals surface area contributed by atoms with Crippen LogP contribution in [0, 0.1) is 0 Å². The number of aliphatic hydroxyl groups excluding tert-OH is 3. The highest BCUT2D eigenvalue weighted by Crippen LogP contribution is 2.31. The van der Waals surface area contributed by atoms with Gasteiger partial charge in [0.1, 0.15) is 36.9 Å². The van der Waals surface area contributed by atoms with Gasteiger partial charge < -0.3 is 24.8 Å². The minimum atomic E-state index is -3.82. The van der Waals surface area contributed by atoms with E-state index in [0.29, 0.717) is 5.75 Å². The molecule has 0 unspecified atom stereocenters. The third kappa shape index (κ3) is 5.97. The summed E-state index contributed by atoms with van der Waals surface area (Å²) >= 11 is 11.6. The van der Waals surface area contributed by atoms with Crippen molar-refractivity contribution in [3.8, 4) is 11.5 Å². The van der Waals surface area contributed by atoms with E-state index in [1.54, 1.807) is 0 Å². The molecule has 0 aliphatic rings. The van der Waals surface area contributed by atoms with Crippen molar-refractivity contribution in [1.29, 1.82) is 0 Å². The van der Waals surface area contributed by atoms with E-state index in [-0.39, 0.29) is 39.7 Å². The third-order valence-electron chi connectivity index (χ3n) is 3.61. The molecule has 0 bridgehead atoms. The second-order valence-corrected chi connectivity index (χ2v) is 8.50. The first-order valence-electron chi connectivity index (χ1n) is 8.21. The zero-order chi connectivity index (χ0) is 20.7. The van der Waals surface area contributed by atoms with Gasteiger partial charge in [-0.2, -0.15) is 0 Å². The Morgan fingerprint density at radius 3 is 2.11 bits per heavy atom. The summed E-state index contributed by atoms with van der Waals surface area (Å²) in [5.74, 6) is 0.588. The molecule has 7 nitrogen and oxygen atoms in total. The summed E-state index contributed by atoms with van der Waals surface area (Å²) in [5.41, 5.74) is 0. The van der Waals surface area contributed by atoms with Crippen LogP contribution >= 0.6 is 23.2 Å². The summed E-state index contributed by atoms with van der Waals surface area (Å²) in [6, 6.07) is 9.65. The van der Waals surface area contributed by atoms with Crippen LogP contribution in [0.4, 0.5) is 0 Å². The van der Waals surface area contributed by atoms with Gasteiger partial charge in [-0.15, -0.1) is 11.6 Å². The van der Waals surface area contributed by atoms with Gasteiger partial charge in [0.15, 0.2) is 0 Å². The van der Waals surface area contributed by atoms with E-state index in [0.717, 1.165) is 0 Å². The lowest BCUT2D eigenvalue weighted by Gasteiger charge is -2.13. The molecule has 0 aliphatic carbocycles. The second kappa shape index (κ2) is 10.3. The molecular weight excluding hydrogens is 431 g/mol. The Balaban J connectivity index is 2.14. The monoisotopic (exact) mass is 450 g/mol. The Morgan fingerprint density at radius 1 is 0.929 bits per heavy atom. The molecule has 0 aromatic heterocycles. The van der Waals surface area contributed by atoms with Gasteiger partial charge in [0.25, 0.3) is 0 Å². The molecule has 0 aliphatic heterocycles. The smallest absolute Gasteiger partial charge is 0.206 e. The number of halogens is 2. The number of aliphatic hydroxyl groups is 3. The Morgan fingerprint density at radius 2 is 1.54 bits per heavy atom. The Labute approximate surface area is 173 Å². The van der Waals surface area contributed by atoms with Crippen molar-refractivity contribution in [2.75, 3.05) is 25.7 Å². The lowest BCUT2D eigenvalue weighted by Crippen LogP contribution is -2.21. The van der Waals surface area contributed by atoms with Crippen molar-refractivity contribution >= 4 is 33.0 Å². The van der Waals surface area contributed by atoms with E-state index in [9.17, 15) is 18.6 Å². The predicted octanol–water partition coefficient (Wildman–Crippen LogP) is 1.88. The van der Waals surface area contributed by atoms with E-state index in [2.05, 4.69) is 0 Å². The second-order valence-electron chi connectivity index (χ2n) is 5.83. The quantitative estimate of drug-likeness (QED) is 0.473. The Hall–Kier alpha value is -1.55. The van der Waals surface area contributed by atoms with Crippen molar-refractivity contribution in [2.24, 2.45) is 0 Å². The van der Waals surface area contributed by atoms with Crippen LogP contribution in [-0.2, 0) is 9.84 Å². The molecule has 2 aromatic carbocycles. The number of benzene rings is 2. The molecule has 0 saturated heterocycles. The molecular formula is C18H20Cl2O7S. The Bertz CT molecular complexity index is 872. The average Bonchev–Trinajstić information content (AvgIpc) is 2.70.